The molecule has 1 aromatic heterocycles. The molecule has 34 heavy (non-hydrogen) atoms. The summed E-state index contributed by atoms with van der Waals surface area (Å²) in [5, 5.41) is 0. The summed E-state index contributed by atoms with van der Waals surface area (Å²) in [5.74, 6) is -0.0487. The zero-order valence-corrected chi connectivity index (χ0v) is 21.5. The normalized spacial score (nSPS) is 18.0. The van der Waals surface area contributed by atoms with E-state index in [0.29, 0.717) is 49.1 Å². The Morgan fingerprint density at radius 1 is 1.21 bits per heavy atom. The van der Waals surface area contributed by atoms with Gasteiger partial charge in [-0.05, 0) is 68.5 Å². The zero-order valence-electron chi connectivity index (χ0n) is 19.9. The van der Waals surface area contributed by atoms with Crippen molar-refractivity contribution in [2.45, 2.75) is 45.1 Å². The van der Waals surface area contributed by atoms with E-state index in [9.17, 15) is 13.2 Å². The van der Waals surface area contributed by atoms with Crippen LogP contribution in [0.2, 0.25) is 0 Å². The fraction of sp³-hybridized carbons (Fsp3) is 0.440. The molecule has 182 valence electrons. The van der Waals surface area contributed by atoms with Gasteiger partial charge in [0.05, 0.1) is 21.7 Å². The summed E-state index contributed by atoms with van der Waals surface area (Å²) in [7, 11) is -3.56. The summed E-state index contributed by atoms with van der Waals surface area (Å²) < 4.78 is 36.2. The van der Waals surface area contributed by atoms with Gasteiger partial charge in [0, 0.05) is 31.8 Å². The van der Waals surface area contributed by atoms with Crippen LogP contribution in [-0.2, 0) is 21.3 Å². The molecule has 2 heterocycles. The lowest BCUT2D eigenvalue weighted by Gasteiger charge is -2.30. The van der Waals surface area contributed by atoms with E-state index in [1.165, 1.54) is 23.5 Å². The van der Waals surface area contributed by atoms with Gasteiger partial charge in [-0.2, -0.15) is 9.30 Å². The summed E-state index contributed by atoms with van der Waals surface area (Å²) in [4.78, 5) is 18.2. The number of rotatable bonds is 7. The minimum Gasteiger partial charge on any atom is -0.380 e. The smallest absolute Gasteiger partial charge is 0.279 e. The van der Waals surface area contributed by atoms with Crippen LogP contribution in [0.3, 0.4) is 0 Å². The van der Waals surface area contributed by atoms with E-state index in [1.54, 1.807) is 16.4 Å². The van der Waals surface area contributed by atoms with E-state index in [0.717, 1.165) is 28.6 Å². The highest BCUT2D eigenvalue weighted by molar-refractivity contribution is 7.89. The standard InChI is InChI=1S/C25H31N3O4S2/c1-4-32-16-15-28-23-19(3)8-5-9-22(23)33-25(28)26-24(29)20-10-12-21(13-11-20)34(30,31)27-14-6-7-18(2)17-27/h5,8-13,18H,4,6-7,14-17H2,1-3H3. The fourth-order valence-corrected chi connectivity index (χ4v) is 7.07. The van der Waals surface area contributed by atoms with Crippen LogP contribution >= 0.6 is 11.3 Å². The van der Waals surface area contributed by atoms with Crippen molar-refractivity contribution in [2.24, 2.45) is 10.9 Å². The third kappa shape index (κ3) is 5.17. The van der Waals surface area contributed by atoms with Gasteiger partial charge in [-0.3, -0.25) is 4.79 Å². The number of aryl methyl sites for hydroxylation is 1. The Balaban J connectivity index is 1.63. The summed E-state index contributed by atoms with van der Waals surface area (Å²) in [6, 6.07) is 12.2. The Labute approximate surface area is 204 Å². The molecule has 0 radical (unpaired) electrons. The molecule has 1 amide bonds. The first-order valence-electron chi connectivity index (χ1n) is 11.7. The van der Waals surface area contributed by atoms with Gasteiger partial charge in [0.1, 0.15) is 0 Å². The van der Waals surface area contributed by atoms with Crippen molar-refractivity contribution in [3.05, 3.63) is 58.4 Å². The van der Waals surface area contributed by atoms with Crippen LogP contribution in [0.4, 0.5) is 0 Å². The largest absolute Gasteiger partial charge is 0.380 e. The molecule has 2 aromatic carbocycles. The number of hydrogen-bond acceptors (Lipinski definition) is 5. The van der Waals surface area contributed by atoms with Gasteiger partial charge in [0.15, 0.2) is 4.80 Å². The van der Waals surface area contributed by atoms with Crippen molar-refractivity contribution >= 4 is 37.5 Å². The molecule has 1 fully saturated rings. The predicted molar refractivity (Wildman–Crippen MR) is 135 cm³/mol. The molecule has 9 heteroatoms. The number of amides is 1. The molecule has 4 rings (SSSR count). The number of sulfonamides is 1. The van der Waals surface area contributed by atoms with Crippen molar-refractivity contribution in [2.75, 3.05) is 26.3 Å². The molecule has 0 bridgehead atoms. The fourth-order valence-electron chi connectivity index (χ4n) is 4.33. The molecule has 3 aromatic rings. The number of piperidine rings is 1. The van der Waals surface area contributed by atoms with Crippen molar-refractivity contribution in [1.29, 1.82) is 0 Å². The van der Waals surface area contributed by atoms with Crippen LogP contribution < -0.4 is 4.80 Å². The quantitative estimate of drug-likeness (QED) is 0.454. The number of carbonyl (C=O) groups excluding carboxylic acids is 1. The highest BCUT2D eigenvalue weighted by Gasteiger charge is 2.28. The number of para-hydroxylation sites is 1. The molecule has 1 aliphatic rings. The zero-order chi connectivity index (χ0) is 24.3. The second kappa shape index (κ2) is 10.5. The summed E-state index contributed by atoms with van der Waals surface area (Å²) >= 11 is 1.46. The molecule has 0 saturated carbocycles. The molecule has 1 unspecified atom stereocenters. The van der Waals surface area contributed by atoms with E-state index in [-0.39, 0.29) is 4.90 Å². The van der Waals surface area contributed by atoms with Crippen LogP contribution in [0.25, 0.3) is 10.2 Å². The van der Waals surface area contributed by atoms with Crippen molar-refractivity contribution in [1.82, 2.24) is 8.87 Å². The van der Waals surface area contributed by atoms with Gasteiger partial charge < -0.3 is 9.30 Å². The number of hydrogen-bond donors (Lipinski definition) is 0. The first kappa shape index (κ1) is 24.8. The number of fused-ring (bicyclic) bond motifs is 1. The molecular weight excluding hydrogens is 470 g/mol. The molecule has 7 nitrogen and oxygen atoms in total. The van der Waals surface area contributed by atoms with Crippen LogP contribution in [0.5, 0.6) is 0 Å². The van der Waals surface area contributed by atoms with Crippen molar-refractivity contribution in [3.63, 3.8) is 0 Å². The Kier molecular flexibility index (Phi) is 7.67. The maximum absolute atomic E-state index is 13.0. The minimum atomic E-state index is -3.56. The van der Waals surface area contributed by atoms with Gasteiger partial charge in [0.2, 0.25) is 10.0 Å². The molecule has 1 aliphatic heterocycles. The summed E-state index contributed by atoms with van der Waals surface area (Å²) in [5.41, 5.74) is 2.52. The molecular formula is C25H31N3O4S2. The average molecular weight is 502 g/mol. The topological polar surface area (TPSA) is 81.0 Å². The Morgan fingerprint density at radius 3 is 2.68 bits per heavy atom. The number of carbonyl (C=O) groups is 1. The molecule has 1 saturated heterocycles. The van der Waals surface area contributed by atoms with Gasteiger partial charge in [-0.1, -0.05) is 30.4 Å². The highest BCUT2D eigenvalue weighted by Crippen LogP contribution is 2.24. The first-order chi connectivity index (χ1) is 16.3. The summed E-state index contributed by atoms with van der Waals surface area (Å²) in [6.07, 6.45) is 1.91. The van der Waals surface area contributed by atoms with Crippen LogP contribution in [0.15, 0.2) is 52.4 Å². The van der Waals surface area contributed by atoms with Gasteiger partial charge in [0.25, 0.3) is 5.91 Å². The maximum atomic E-state index is 13.0. The molecule has 1 atom stereocenters. The second-order valence-electron chi connectivity index (χ2n) is 8.71. The van der Waals surface area contributed by atoms with Crippen LogP contribution in [-0.4, -0.2) is 49.5 Å². The minimum absolute atomic E-state index is 0.211. The third-order valence-corrected chi connectivity index (χ3v) is 9.05. The number of nitrogens with zero attached hydrogens (tertiary/aromatic N) is 3. The average Bonchev–Trinajstić information content (AvgIpc) is 3.17. The van der Waals surface area contributed by atoms with Crippen LogP contribution in [0, 0.1) is 12.8 Å². The lowest BCUT2D eigenvalue weighted by Crippen LogP contribution is -2.39. The van der Waals surface area contributed by atoms with Crippen molar-refractivity contribution in [3.8, 4) is 0 Å². The Hall–Kier alpha value is -2.33. The highest BCUT2D eigenvalue weighted by atomic mass is 32.2. The Bertz CT molecular complexity index is 1340. The van der Waals surface area contributed by atoms with Gasteiger partial charge >= 0.3 is 0 Å². The predicted octanol–water partition coefficient (Wildman–Crippen LogP) is 4.21. The third-order valence-electron chi connectivity index (χ3n) is 6.12. The van der Waals surface area contributed by atoms with Crippen LogP contribution in [0.1, 0.15) is 42.6 Å². The second-order valence-corrected chi connectivity index (χ2v) is 11.7. The lowest BCUT2D eigenvalue weighted by atomic mass is 10.0. The maximum Gasteiger partial charge on any atom is 0.279 e. The molecule has 0 spiro atoms. The Morgan fingerprint density at radius 2 is 1.97 bits per heavy atom. The molecule has 0 N–H and O–H groups in total. The summed E-state index contributed by atoms with van der Waals surface area (Å²) in [6.45, 7) is 8.88. The first-order valence-corrected chi connectivity index (χ1v) is 13.9. The lowest BCUT2D eigenvalue weighted by molar-refractivity contribution is 0.0996. The van der Waals surface area contributed by atoms with E-state index in [1.807, 2.05) is 36.6 Å². The van der Waals surface area contributed by atoms with E-state index in [2.05, 4.69) is 11.9 Å². The van der Waals surface area contributed by atoms with E-state index in [4.69, 9.17) is 4.74 Å². The number of ether oxygens (including phenoxy) is 1. The number of thiazole rings is 1. The van der Waals surface area contributed by atoms with E-state index >= 15 is 0 Å². The van der Waals surface area contributed by atoms with Crippen molar-refractivity contribution < 1.29 is 17.9 Å². The monoisotopic (exact) mass is 501 g/mol. The van der Waals surface area contributed by atoms with Gasteiger partial charge in [-0.25, -0.2) is 8.42 Å². The number of aromatic nitrogens is 1. The number of benzene rings is 2. The molecule has 0 aliphatic carbocycles. The van der Waals surface area contributed by atoms with E-state index < -0.39 is 15.9 Å². The van der Waals surface area contributed by atoms with Gasteiger partial charge in [-0.15, -0.1) is 0 Å². The SMILES string of the molecule is CCOCCn1c(=NC(=O)c2ccc(S(=O)(=O)N3CCCC(C)C3)cc2)sc2cccc(C)c21.